The number of hydrogen-bond donors (Lipinski definition) is 1. The Labute approximate surface area is 62.5 Å². The van der Waals surface area contributed by atoms with Crippen LogP contribution < -0.4 is 0 Å². The molecule has 1 aromatic rings. The van der Waals surface area contributed by atoms with E-state index in [-0.39, 0.29) is 12.4 Å². The van der Waals surface area contributed by atoms with Gasteiger partial charge in [0.2, 0.25) is 0 Å². The zero-order chi connectivity index (χ0) is 5.98. The van der Waals surface area contributed by atoms with Crippen LogP contribution in [0.4, 0.5) is 0 Å². The van der Waals surface area contributed by atoms with Gasteiger partial charge in [-0.05, 0) is 11.4 Å². The molecule has 1 aromatic heterocycles. The van der Waals surface area contributed by atoms with Crippen LogP contribution in [0.2, 0.25) is 0 Å². The van der Waals surface area contributed by atoms with Gasteiger partial charge in [0.15, 0.2) is 0 Å². The lowest BCUT2D eigenvalue weighted by atomic mass is 10.4. The molecule has 50 valence electrons. The van der Waals surface area contributed by atoms with Gasteiger partial charge in [-0.25, -0.2) is 4.79 Å². The van der Waals surface area contributed by atoms with Crippen molar-refractivity contribution < 1.29 is 9.90 Å². The molecular formula is C5H5ClO2S. The number of rotatable bonds is 1. The van der Waals surface area contributed by atoms with Crippen molar-refractivity contribution in [3.63, 3.8) is 0 Å². The predicted molar refractivity (Wildman–Crippen MR) is 38.5 cm³/mol. The third-order valence-electron chi connectivity index (χ3n) is 0.768. The molecule has 1 N–H and O–H groups in total. The van der Waals surface area contributed by atoms with Gasteiger partial charge < -0.3 is 5.11 Å². The Bertz CT molecular complexity index is 183. The van der Waals surface area contributed by atoms with Gasteiger partial charge in [-0.15, -0.1) is 12.4 Å². The molecule has 0 saturated heterocycles. The van der Waals surface area contributed by atoms with Crippen LogP contribution in [-0.4, -0.2) is 11.1 Å². The first-order valence-corrected chi connectivity index (χ1v) is 3.00. The second kappa shape index (κ2) is 3.48. The minimum Gasteiger partial charge on any atom is -0.478 e. The van der Waals surface area contributed by atoms with E-state index in [4.69, 9.17) is 5.11 Å². The smallest absolute Gasteiger partial charge is 0.336 e. The summed E-state index contributed by atoms with van der Waals surface area (Å²) in [4.78, 5) is 10.1. The molecule has 0 amide bonds. The molecule has 0 aliphatic carbocycles. The van der Waals surface area contributed by atoms with E-state index < -0.39 is 5.97 Å². The van der Waals surface area contributed by atoms with E-state index in [1.54, 1.807) is 16.8 Å². The van der Waals surface area contributed by atoms with Crippen LogP contribution in [0.3, 0.4) is 0 Å². The molecule has 1 heterocycles. The molecule has 0 aromatic carbocycles. The molecule has 0 unspecified atom stereocenters. The third kappa shape index (κ3) is 2.03. The van der Waals surface area contributed by atoms with Gasteiger partial charge in [0.1, 0.15) is 0 Å². The average Bonchev–Trinajstić information content (AvgIpc) is 2.12. The van der Waals surface area contributed by atoms with Crippen molar-refractivity contribution >= 4 is 29.7 Å². The summed E-state index contributed by atoms with van der Waals surface area (Å²) in [6, 6.07) is 1.58. The lowest BCUT2D eigenvalue weighted by Crippen LogP contribution is -1.90. The van der Waals surface area contributed by atoms with Crippen LogP contribution in [0.15, 0.2) is 16.8 Å². The fourth-order valence-corrected chi connectivity index (χ4v) is 1.02. The summed E-state index contributed by atoms with van der Waals surface area (Å²) in [7, 11) is 0. The van der Waals surface area contributed by atoms with Gasteiger partial charge in [0, 0.05) is 5.38 Å². The second-order valence-electron chi connectivity index (χ2n) is 1.32. The highest BCUT2D eigenvalue weighted by molar-refractivity contribution is 7.08. The van der Waals surface area contributed by atoms with Crippen molar-refractivity contribution in [2.75, 3.05) is 0 Å². The molecule has 4 heteroatoms. The Morgan fingerprint density at radius 1 is 1.67 bits per heavy atom. The van der Waals surface area contributed by atoms with Crippen molar-refractivity contribution in [3.05, 3.63) is 22.4 Å². The van der Waals surface area contributed by atoms with Gasteiger partial charge >= 0.3 is 5.97 Å². The largest absolute Gasteiger partial charge is 0.478 e. The number of carbonyl (C=O) groups is 1. The zero-order valence-electron chi connectivity index (χ0n) is 4.40. The molecule has 1 rings (SSSR count). The third-order valence-corrected chi connectivity index (χ3v) is 1.45. The van der Waals surface area contributed by atoms with Gasteiger partial charge in [0.05, 0.1) is 5.56 Å². The summed E-state index contributed by atoms with van der Waals surface area (Å²) < 4.78 is 0. The average molecular weight is 165 g/mol. The van der Waals surface area contributed by atoms with Crippen molar-refractivity contribution in [1.29, 1.82) is 0 Å². The highest BCUT2D eigenvalue weighted by atomic mass is 35.5. The Kier molecular flexibility index (Phi) is 3.27. The van der Waals surface area contributed by atoms with E-state index in [1.165, 1.54) is 11.3 Å². The summed E-state index contributed by atoms with van der Waals surface area (Å²) >= 11 is 1.39. The van der Waals surface area contributed by atoms with E-state index >= 15 is 0 Å². The number of halogens is 1. The standard InChI is InChI=1S/C5H4O2S.ClH/c6-5(7)4-1-2-8-3-4;/h1-3H,(H,6,7);1H. The van der Waals surface area contributed by atoms with Gasteiger partial charge in [-0.2, -0.15) is 11.3 Å². The van der Waals surface area contributed by atoms with Crippen LogP contribution >= 0.6 is 23.7 Å². The second-order valence-corrected chi connectivity index (χ2v) is 2.10. The normalized spacial score (nSPS) is 8.00. The summed E-state index contributed by atoms with van der Waals surface area (Å²) in [5, 5.41) is 11.6. The molecule has 0 radical (unpaired) electrons. The van der Waals surface area contributed by atoms with Crippen LogP contribution in [-0.2, 0) is 0 Å². The van der Waals surface area contributed by atoms with E-state index in [2.05, 4.69) is 0 Å². The SMILES string of the molecule is Cl.O=C(O)c1ccsc1. The lowest BCUT2D eigenvalue weighted by Gasteiger charge is -1.78. The molecule has 0 aliphatic rings. The van der Waals surface area contributed by atoms with E-state index in [9.17, 15) is 4.79 Å². The highest BCUT2D eigenvalue weighted by Gasteiger charge is 1.98. The molecule has 2 nitrogen and oxygen atoms in total. The highest BCUT2D eigenvalue weighted by Crippen LogP contribution is 2.04. The fourth-order valence-electron chi connectivity index (χ4n) is 0.386. The molecule has 0 fully saturated rings. The van der Waals surface area contributed by atoms with Crippen molar-refractivity contribution in [3.8, 4) is 0 Å². The molecule has 9 heavy (non-hydrogen) atoms. The summed E-state index contributed by atoms with van der Waals surface area (Å²) in [5.41, 5.74) is 0.370. The first kappa shape index (κ1) is 8.46. The van der Waals surface area contributed by atoms with Gasteiger partial charge in [-0.3, -0.25) is 0 Å². The predicted octanol–water partition coefficient (Wildman–Crippen LogP) is 1.87. The molecule has 0 atom stereocenters. The Hall–Kier alpha value is -0.540. The Morgan fingerprint density at radius 2 is 2.33 bits per heavy atom. The molecular weight excluding hydrogens is 160 g/mol. The Balaban J connectivity index is 0.000000640. The number of carboxylic acid groups (broad SMARTS) is 1. The van der Waals surface area contributed by atoms with Crippen molar-refractivity contribution in [2.45, 2.75) is 0 Å². The molecule has 0 spiro atoms. The fraction of sp³-hybridized carbons (Fsp3) is 0. The maximum absolute atomic E-state index is 10.1. The minimum atomic E-state index is -0.855. The number of hydrogen-bond acceptors (Lipinski definition) is 2. The minimum absolute atomic E-state index is 0. The van der Waals surface area contributed by atoms with E-state index in [0.717, 1.165) is 0 Å². The maximum atomic E-state index is 10.1. The van der Waals surface area contributed by atoms with Gasteiger partial charge in [-0.1, -0.05) is 0 Å². The quantitative estimate of drug-likeness (QED) is 0.688. The maximum Gasteiger partial charge on any atom is 0.336 e. The molecule has 0 bridgehead atoms. The number of thiophene rings is 1. The zero-order valence-corrected chi connectivity index (χ0v) is 6.04. The lowest BCUT2D eigenvalue weighted by molar-refractivity contribution is 0.0697. The number of carboxylic acids is 1. The molecule has 0 aliphatic heterocycles. The molecule has 0 saturated carbocycles. The topological polar surface area (TPSA) is 37.3 Å². The first-order valence-electron chi connectivity index (χ1n) is 2.06. The summed E-state index contributed by atoms with van der Waals surface area (Å²) in [6.45, 7) is 0. The van der Waals surface area contributed by atoms with Crippen molar-refractivity contribution in [2.24, 2.45) is 0 Å². The van der Waals surface area contributed by atoms with E-state index in [1.807, 2.05) is 0 Å². The van der Waals surface area contributed by atoms with Crippen LogP contribution in [0.25, 0.3) is 0 Å². The van der Waals surface area contributed by atoms with Crippen LogP contribution in [0, 0.1) is 0 Å². The Morgan fingerprint density at radius 3 is 2.56 bits per heavy atom. The van der Waals surface area contributed by atoms with Crippen LogP contribution in [0.1, 0.15) is 10.4 Å². The van der Waals surface area contributed by atoms with Crippen molar-refractivity contribution in [1.82, 2.24) is 0 Å². The summed E-state index contributed by atoms with van der Waals surface area (Å²) in [5.74, 6) is -0.855. The monoisotopic (exact) mass is 164 g/mol. The van der Waals surface area contributed by atoms with E-state index in [0.29, 0.717) is 5.56 Å². The van der Waals surface area contributed by atoms with Crippen LogP contribution in [0.5, 0.6) is 0 Å². The summed E-state index contributed by atoms with van der Waals surface area (Å²) in [6.07, 6.45) is 0. The number of aromatic carboxylic acids is 1. The van der Waals surface area contributed by atoms with Gasteiger partial charge in [0.25, 0.3) is 0 Å². The first-order chi connectivity index (χ1) is 3.80.